The van der Waals surface area contributed by atoms with Crippen LogP contribution in [0.1, 0.15) is 44.6 Å². The first-order valence-corrected chi connectivity index (χ1v) is 7.40. The zero-order valence-electron chi connectivity index (χ0n) is 11.9. The number of benzene rings is 1. The summed E-state index contributed by atoms with van der Waals surface area (Å²) in [6, 6.07) is 10.3. The van der Waals surface area contributed by atoms with Crippen molar-refractivity contribution >= 4 is 11.6 Å². The summed E-state index contributed by atoms with van der Waals surface area (Å²) in [5.41, 5.74) is 0.517. The van der Waals surface area contributed by atoms with E-state index in [-0.39, 0.29) is 17.1 Å². The maximum Gasteiger partial charge on any atom is 0.148 e. The minimum absolute atomic E-state index is 0.0684. The summed E-state index contributed by atoms with van der Waals surface area (Å²) in [5.74, 6) is 0.224. The topological polar surface area (TPSA) is 46.2 Å². The normalized spacial score (nSPS) is 32.4. The van der Waals surface area contributed by atoms with Crippen molar-refractivity contribution in [2.75, 3.05) is 0 Å². The Balaban J connectivity index is 1.71. The largest absolute Gasteiger partial charge is 0.307 e. The highest BCUT2D eigenvalue weighted by atomic mass is 16.2. The van der Waals surface area contributed by atoms with Crippen LogP contribution in [-0.2, 0) is 16.1 Å². The van der Waals surface area contributed by atoms with Crippen molar-refractivity contribution in [3.8, 4) is 0 Å². The third-order valence-electron chi connectivity index (χ3n) is 5.28. The molecule has 1 N–H and O–H groups in total. The van der Waals surface area contributed by atoms with E-state index >= 15 is 0 Å². The average Bonchev–Trinajstić information content (AvgIpc) is 2.47. The quantitative estimate of drug-likeness (QED) is 0.856. The summed E-state index contributed by atoms with van der Waals surface area (Å²) >= 11 is 0. The van der Waals surface area contributed by atoms with Gasteiger partial charge in [0.1, 0.15) is 11.6 Å². The molecule has 3 aliphatic carbocycles. The Hall–Kier alpha value is -1.48. The molecule has 0 saturated heterocycles. The van der Waals surface area contributed by atoms with Crippen LogP contribution < -0.4 is 5.32 Å². The molecule has 0 heterocycles. The lowest BCUT2D eigenvalue weighted by Crippen LogP contribution is -2.60. The van der Waals surface area contributed by atoms with Crippen molar-refractivity contribution in [2.45, 2.75) is 51.1 Å². The van der Waals surface area contributed by atoms with Gasteiger partial charge in [-0.05, 0) is 38.2 Å². The third kappa shape index (κ3) is 2.10. The summed E-state index contributed by atoms with van der Waals surface area (Å²) in [5, 5.41) is 3.59. The Morgan fingerprint density at radius 3 is 2.35 bits per heavy atom. The van der Waals surface area contributed by atoms with Gasteiger partial charge in [0.05, 0.1) is 5.41 Å². The number of hydrogen-bond donors (Lipinski definition) is 1. The monoisotopic (exact) mass is 271 g/mol. The molecular formula is C17H21NO2. The fourth-order valence-corrected chi connectivity index (χ4v) is 3.76. The highest BCUT2D eigenvalue weighted by Gasteiger charge is 2.56. The number of ketones is 2. The minimum Gasteiger partial charge on any atom is -0.307 e. The van der Waals surface area contributed by atoms with E-state index in [9.17, 15) is 9.59 Å². The van der Waals surface area contributed by atoms with Crippen molar-refractivity contribution in [1.82, 2.24) is 5.32 Å². The molecule has 0 radical (unpaired) electrons. The molecule has 1 aromatic carbocycles. The Kier molecular flexibility index (Phi) is 3.25. The molecule has 2 bridgehead atoms. The van der Waals surface area contributed by atoms with E-state index in [1.54, 1.807) is 6.92 Å². The molecule has 1 aromatic rings. The number of carbonyl (C=O) groups is 2. The van der Waals surface area contributed by atoms with Crippen molar-refractivity contribution in [2.24, 2.45) is 5.41 Å². The molecule has 3 nitrogen and oxygen atoms in total. The fourth-order valence-electron chi connectivity index (χ4n) is 3.76. The molecule has 3 fully saturated rings. The molecule has 3 heteroatoms. The van der Waals surface area contributed by atoms with Gasteiger partial charge in [0, 0.05) is 18.5 Å². The second kappa shape index (κ2) is 4.81. The first-order valence-electron chi connectivity index (χ1n) is 7.40. The lowest BCUT2D eigenvalue weighted by atomic mass is 9.55. The Labute approximate surface area is 119 Å². The number of hydrogen-bond acceptors (Lipinski definition) is 3. The number of carbonyl (C=O) groups excluding carboxylic acids is 2. The zero-order chi connectivity index (χ0) is 14.2. The standard InChI is InChI=1S/C17H21NO2/c1-13(19)17-9-7-16(8-10-17,11-15(17)20)18-12-14-5-3-2-4-6-14/h2-6,18H,7-12H2,1H3. The van der Waals surface area contributed by atoms with Gasteiger partial charge in [-0.15, -0.1) is 0 Å². The molecule has 0 spiro atoms. The highest BCUT2D eigenvalue weighted by molar-refractivity contribution is 6.07. The lowest BCUT2D eigenvalue weighted by Gasteiger charge is -2.51. The van der Waals surface area contributed by atoms with Gasteiger partial charge in [-0.1, -0.05) is 30.3 Å². The third-order valence-corrected chi connectivity index (χ3v) is 5.28. The molecule has 106 valence electrons. The average molecular weight is 271 g/mol. The minimum atomic E-state index is -0.643. The van der Waals surface area contributed by atoms with E-state index < -0.39 is 5.41 Å². The van der Waals surface area contributed by atoms with Gasteiger partial charge in [-0.2, -0.15) is 0 Å². The van der Waals surface area contributed by atoms with Crippen LogP contribution in [0.4, 0.5) is 0 Å². The van der Waals surface area contributed by atoms with E-state index in [1.807, 2.05) is 18.2 Å². The van der Waals surface area contributed by atoms with Crippen LogP contribution in [0.2, 0.25) is 0 Å². The van der Waals surface area contributed by atoms with Crippen molar-refractivity contribution < 1.29 is 9.59 Å². The van der Waals surface area contributed by atoms with Gasteiger partial charge in [-0.25, -0.2) is 0 Å². The van der Waals surface area contributed by atoms with Crippen LogP contribution in [0.15, 0.2) is 30.3 Å². The summed E-state index contributed by atoms with van der Waals surface area (Å²) in [6.07, 6.45) is 3.83. The second-order valence-corrected chi connectivity index (χ2v) is 6.36. The second-order valence-electron chi connectivity index (χ2n) is 6.36. The summed E-state index contributed by atoms with van der Waals surface area (Å²) in [7, 11) is 0. The van der Waals surface area contributed by atoms with Crippen molar-refractivity contribution in [3.63, 3.8) is 0 Å². The van der Waals surface area contributed by atoms with Gasteiger partial charge in [0.2, 0.25) is 0 Å². The van der Waals surface area contributed by atoms with Crippen molar-refractivity contribution in [3.05, 3.63) is 35.9 Å². The smallest absolute Gasteiger partial charge is 0.148 e. The van der Waals surface area contributed by atoms with Crippen LogP contribution in [0.25, 0.3) is 0 Å². The molecule has 3 aliphatic rings. The number of Topliss-reactive ketones (excluding diaryl/α,β-unsaturated/α-hetero) is 2. The van der Waals surface area contributed by atoms with E-state index in [0.29, 0.717) is 6.42 Å². The summed E-state index contributed by atoms with van der Waals surface area (Å²) in [4.78, 5) is 24.2. The van der Waals surface area contributed by atoms with Crippen LogP contribution in [-0.4, -0.2) is 17.1 Å². The molecule has 0 aliphatic heterocycles. The first-order chi connectivity index (χ1) is 9.56. The van der Waals surface area contributed by atoms with Gasteiger partial charge >= 0.3 is 0 Å². The predicted molar refractivity (Wildman–Crippen MR) is 77.2 cm³/mol. The SMILES string of the molecule is CC(=O)C12CCC(NCc3ccccc3)(CC1)CC2=O. The maximum atomic E-state index is 12.4. The van der Waals surface area contributed by atoms with Gasteiger partial charge in [-0.3, -0.25) is 9.59 Å². The Bertz CT molecular complexity index is 527. The van der Waals surface area contributed by atoms with Crippen LogP contribution in [0, 0.1) is 5.41 Å². The zero-order valence-corrected chi connectivity index (χ0v) is 11.9. The molecule has 4 rings (SSSR count). The molecule has 0 unspecified atom stereocenters. The lowest BCUT2D eigenvalue weighted by molar-refractivity contribution is -0.150. The van der Waals surface area contributed by atoms with E-state index in [0.717, 1.165) is 32.2 Å². The van der Waals surface area contributed by atoms with Gasteiger partial charge < -0.3 is 5.32 Å². The Morgan fingerprint density at radius 1 is 1.15 bits per heavy atom. The fraction of sp³-hybridized carbons (Fsp3) is 0.529. The van der Waals surface area contributed by atoms with Crippen LogP contribution >= 0.6 is 0 Å². The Morgan fingerprint density at radius 2 is 1.80 bits per heavy atom. The molecule has 0 atom stereocenters. The van der Waals surface area contributed by atoms with Gasteiger partial charge in [0.15, 0.2) is 0 Å². The van der Waals surface area contributed by atoms with E-state index in [2.05, 4.69) is 17.4 Å². The van der Waals surface area contributed by atoms with E-state index in [4.69, 9.17) is 0 Å². The van der Waals surface area contributed by atoms with Crippen molar-refractivity contribution in [1.29, 1.82) is 0 Å². The van der Waals surface area contributed by atoms with E-state index in [1.165, 1.54) is 5.56 Å². The molecular weight excluding hydrogens is 250 g/mol. The number of nitrogens with one attached hydrogen (secondary N) is 1. The number of fused-ring (bicyclic) bond motifs is 3. The highest BCUT2D eigenvalue weighted by Crippen LogP contribution is 2.50. The summed E-state index contributed by atoms with van der Waals surface area (Å²) < 4.78 is 0. The predicted octanol–water partition coefficient (Wildman–Crippen LogP) is 2.64. The molecule has 20 heavy (non-hydrogen) atoms. The maximum absolute atomic E-state index is 12.4. The van der Waals surface area contributed by atoms with Crippen LogP contribution in [0.3, 0.4) is 0 Å². The van der Waals surface area contributed by atoms with Gasteiger partial charge in [0.25, 0.3) is 0 Å². The molecule has 0 amide bonds. The van der Waals surface area contributed by atoms with Crippen LogP contribution in [0.5, 0.6) is 0 Å². The summed E-state index contributed by atoms with van der Waals surface area (Å²) in [6.45, 7) is 2.37. The molecule has 0 aromatic heterocycles. The first kappa shape index (κ1) is 13.5. The number of rotatable bonds is 4. The molecule has 3 saturated carbocycles.